The van der Waals surface area contributed by atoms with Crippen LogP contribution in [0.3, 0.4) is 0 Å². The lowest BCUT2D eigenvalue weighted by Crippen LogP contribution is -2.38. The summed E-state index contributed by atoms with van der Waals surface area (Å²) < 4.78 is 0. The van der Waals surface area contributed by atoms with E-state index in [1.165, 1.54) is 24.0 Å². The maximum Gasteiger partial charge on any atom is 0.191 e. The molecule has 0 saturated heterocycles. The first kappa shape index (κ1) is 18.6. The molecule has 0 bridgehead atoms. The molecular weight excluding hydrogens is 393 g/mol. The Labute approximate surface area is 149 Å². The van der Waals surface area contributed by atoms with E-state index in [4.69, 9.17) is 0 Å². The predicted molar refractivity (Wildman–Crippen MR) is 105 cm³/mol. The maximum absolute atomic E-state index is 4.61. The summed E-state index contributed by atoms with van der Waals surface area (Å²) in [7, 11) is 0. The van der Waals surface area contributed by atoms with Gasteiger partial charge in [-0.15, -0.1) is 24.0 Å². The average molecular weight is 419 g/mol. The molecule has 0 unspecified atom stereocenters. The highest BCUT2D eigenvalue weighted by Gasteiger charge is 2.21. The van der Waals surface area contributed by atoms with E-state index in [2.05, 4.69) is 53.7 Å². The summed E-state index contributed by atoms with van der Waals surface area (Å²) in [6.07, 6.45) is 2.57. The molecule has 0 radical (unpaired) electrons. The molecule has 2 rings (SSSR count). The molecule has 21 heavy (non-hydrogen) atoms. The molecule has 0 spiro atoms. The Kier molecular flexibility index (Phi) is 9.15. The Bertz CT molecular complexity index is 430. The van der Waals surface area contributed by atoms with Crippen molar-refractivity contribution >= 4 is 41.7 Å². The van der Waals surface area contributed by atoms with E-state index in [1.54, 1.807) is 0 Å². The quantitative estimate of drug-likeness (QED) is 0.307. The van der Waals surface area contributed by atoms with Crippen LogP contribution in [0.15, 0.2) is 29.3 Å². The Morgan fingerprint density at radius 1 is 1.29 bits per heavy atom. The van der Waals surface area contributed by atoms with Gasteiger partial charge in [-0.25, -0.2) is 0 Å². The van der Waals surface area contributed by atoms with Crippen LogP contribution in [0.5, 0.6) is 0 Å². The second-order valence-electron chi connectivity index (χ2n) is 5.22. The van der Waals surface area contributed by atoms with Crippen molar-refractivity contribution in [3.8, 4) is 0 Å². The van der Waals surface area contributed by atoms with Crippen LogP contribution in [0.25, 0.3) is 0 Å². The fraction of sp³-hybridized carbons (Fsp3) is 0.562. The highest BCUT2D eigenvalue weighted by Crippen LogP contribution is 2.18. The highest BCUT2D eigenvalue weighted by molar-refractivity contribution is 14.0. The molecule has 0 amide bonds. The summed E-state index contributed by atoms with van der Waals surface area (Å²) in [5.74, 6) is 3.11. The van der Waals surface area contributed by atoms with Gasteiger partial charge in [0, 0.05) is 24.1 Å². The van der Waals surface area contributed by atoms with Crippen molar-refractivity contribution < 1.29 is 0 Å². The number of guanidine groups is 1. The first-order valence-electron chi connectivity index (χ1n) is 7.46. The van der Waals surface area contributed by atoms with Crippen LogP contribution in [0.1, 0.15) is 30.9 Å². The third-order valence-corrected chi connectivity index (χ3v) is 4.17. The van der Waals surface area contributed by atoms with Crippen molar-refractivity contribution in [3.63, 3.8) is 0 Å². The molecule has 2 N–H and O–H groups in total. The minimum atomic E-state index is 0. The van der Waals surface area contributed by atoms with Crippen LogP contribution in [0.2, 0.25) is 0 Å². The van der Waals surface area contributed by atoms with Crippen LogP contribution >= 0.6 is 35.7 Å². The summed E-state index contributed by atoms with van der Waals surface area (Å²) >= 11 is 1.94. The number of nitrogens with zero attached hydrogens (tertiary/aromatic N) is 1. The van der Waals surface area contributed by atoms with Crippen molar-refractivity contribution in [2.24, 2.45) is 4.99 Å². The zero-order chi connectivity index (χ0) is 14.2. The van der Waals surface area contributed by atoms with Gasteiger partial charge in [0.2, 0.25) is 0 Å². The molecule has 1 aromatic carbocycles. The van der Waals surface area contributed by atoms with E-state index >= 15 is 0 Å². The molecule has 0 aliphatic heterocycles. The van der Waals surface area contributed by atoms with Crippen molar-refractivity contribution in [1.29, 1.82) is 0 Å². The van der Waals surface area contributed by atoms with E-state index < -0.39 is 0 Å². The maximum atomic E-state index is 4.61. The number of hydrogen-bond donors (Lipinski definition) is 2. The number of nitrogens with one attached hydrogen (secondary N) is 2. The highest BCUT2D eigenvalue weighted by atomic mass is 127. The summed E-state index contributed by atoms with van der Waals surface area (Å²) in [6, 6.07) is 9.44. The molecule has 118 valence electrons. The number of thioether (sulfide) groups is 1. The molecule has 1 aliphatic rings. The molecule has 0 heterocycles. The Morgan fingerprint density at radius 2 is 2.00 bits per heavy atom. The van der Waals surface area contributed by atoms with Gasteiger partial charge in [0.05, 0.1) is 6.54 Å². The largest absolute Gasteiger partial charge is 0.357 e. The lowest BCUT2D eigenvalue weighted by Gasteiger charge is -2.09. The number of aliphatic imine (C=N–C) groups is 1. The number of hydrogen-bond acceptors (Lipinski definition) is 2. The van der Waals surface area contributed by atoms with E-state index in [0.29, 0.717) is 6.04 Å². The van der Waals surface area contributed by atoms with Crippen LogP contribution in [-0.4, -0.2) is 30.8 Å². The molecule has 1 aliphatic carbocycles. The van der Waals surface area contributed by atoms with Crippen molar-refractivity contribution in [2.45, 2.75) is 38.5 Å². The molecule has 1 saturated carbocycles. The molecule has 5 heteroatoms. The Hall–Kier alpha value is -0.430. The number of benzene rings is 1. The van der Waals surface area contributed by atoms with Gasteiger partial charge in [0.1, 0.15) is 0 Å². The Morgan fingerprint density at radius 3 is 2.62 bits per heavy atom. The molecule has 0 atom stereocenters. The number of aryl methyl sites for hydroxylation is 1. The van der Waals surface area contributed by atoms with Crippen molar-refractivity contribution in [2.75, 3.05) is 18.8 Å². The van der Waals surface area contributed by atoms with Gasteiger partial charge in [0.15, 0.2) is 5.96 Å². The minimum Gasteiger partial charge on any atom is -0.357 e. The van der Waals surface area contributed by atoms with Gasteiger partial charge >= 0.3 is 0 Å². The first-order valence-corrected chi connectivity index (χ1v) is 8.61. The normalized spacial score (nSPS) is 14.5. The molecular formula is C16H26IN3S. The van der Waals surface area contributed by atoms with Crippen LogP contribution in [0, 0.1) is 6.92 Å². The third kappa shape index (κ3) is 7.95. The van der Waals surface area contributed by atoms with Gasteiger partial charge in [-0.3, -0.25) is 4.99 Å². The SMILES string of the molecule is CCNC(=NCCSCc1ccc(C)cc1)NC1CC1.I. The lowest BCUT2D eigenvalue weighted by molar-refractivity contribution is 0.817. The van der Waals surface area contributed by atoms with Crippen LogP contribution < -0.4 is 10.6 Å². The summed E-state index contributed by atoms with van der Waals surface area (Å²) in [5, 5.41) is 6.73. The second-order valence-corrected chi connectivity index (χ2v) is 6.32. The zero-order valence-corrected chi connectivity index (χ0v) is 16.0. The smallest absolute Gasteiger partial charge is 0.191 e. The summed E-state index contributed by atoms with van der Waals surface area (Å²) in [5.41, 5.74) is 2.72. The molecule has 1 aromatic rings. The number of rotatable bonds is 7. The first-order chi connectivity index (χ1) is 9.78. The van der Waals surface area contributed by atoms with Crippen molar-refractivity contribution in [3.05, 3.63) is 35.4 Å². The minimum absolute atomic E-state index is 0. The third-order valence-electron chi connectivity index (χ3n) is 3.16. The summed E-state index contributed by atoms with van der Waals surface area (Å²) in [4.78, 5) is 4.61. The fourth-order valence-corrected chi connectivity index (χ4v) is 2.63. The zero-order valence-electron chi connectivity index (χ0n) is 12.9. The lowest BCUT2D eigenvalue weighted by atomic mass is 10.2. The number of halogens is 1. The monoisotopic (exact) mass is 419 g/mol. The van der Waals surface area contributed by atoms with Gasteiger partial charge in [-0.1, -0.05) is 29.8 Å². The van der Waals surface area contributed by atoms with Crippen molar-refractivity contribution in [1.82, 2.24) is 10.6 Å². The van der Waals surface area contributed by atoms with Crippen LogP contribution in [-0.2, 0) is 5.75 Å². The Balaban J connectivity index is 0.00000220. The van der Waals surface area contributed by atoms with Gasteiger partial charge in [0.25, 0.3) is 0 Å². The van der Waals surface area contributed by atoms with Crippen LogP contribution in [0.4, 0.5) is 0 Å². The van der Waals surface area contributed by atoms with E-state index in [1.807, 2.05) is 11.8 Å². The van der Waals surface area contributed by atoms with E-state index in [-0.39, 0.29) is 24.0 Å². The molecule has 0 aromatic heterocycles. The van der Waals surface area contributed by atoms with Gasteiger partial charge < -0.3 is 10.6 Å². The van der Waals surface area contributed by atoms with E-state index in [0.717, 1.165) is 30.6 Å². The van der Waals surface area contributed by atoms with Gasteiger partial charge in [-0.2, -0.15) is 11.8 Å². The molecule has 1 fully saturated rings. The topological polar surface area (TPSA) is 36.4 Å². The van der Waals surface area contributed by atoms with Gasteiger partial charge in [-0.05, 0) is 32.3 Å². The average Bonchev–Trinajstić information content (AvgIpc) is 3.24. The summed E-state index contributed by atoms with van der Waals surface area (Å²) in [6.45, 7) is 6.03. The standard InChI is InChI=1S/C16H25N3S.HI/c1-3-17-16(19-15-8-9-15)18-10-11-20-12-14-6-4-13(2)5-7-14;/h4-7,15H,3,8-12H2,1-2H3,(H2,17,18,19);1H. The fourth-order valence-electron chi connectivity index (χ4n) is 1.84. The van der Waals surface area contributed by atoms with E-state index in [9.17, 15) is 0 Å². The second kappa shape index (κ2) is 10.3. The molecule has 3 nitrogen and oxygen atoms in total. The predicted octanol–water partition coefficient (Wildman–Crippen LogP) is 3.56.